The Morgan fingerprint density at radius 3 is 2.67 bits per heavy atom. The molecule has 0 fully saturated rings. The van der Waals surface area contributed by atoms with Crippen molar-refractivity contribution in [3.63, 3.8) is 0 Å². The number of unbranched alkanes of at least 4 members (excludes halogenated alkanes) is 1. The molecule has 0 aliphatic heterocycles. The quantitative estimate of drug-likeness (QED) is 0.714. The number of Topliss-reactive ketones (excluding diaryl/α,β-unsaturated/α-hetero) is 1. The Morgan fingerprint density at radius 1 is 1.33 bits per heavy atom. The van der Waals surface area contributed by atoms with E-state index in [4.69, 9.17) is 0 Å². The maximum atomic E-state index is 11.5. The minimum atomic E-state index is 0.300. The molecule has 0 aliphatic carbocycles. The molecule has 0 bridgehead atoms. The van der Waals surface area contributed by atoms with Crippen molar-refractivity contribution >= 4 is 5.78 Å². The summed E-state index contributed by atoms with van der Waals surface area (Å²) < 4.78 is 0. The summed E-state index contributed by atoms with van der Waals surface area (Å²) >= 11 is 0. The van der Waals surface area contributed by atoms with Crippen LogP contribution in [0.15, 0.2) is 18.3 Å². The van der Waals surface area contributed by atoms with Gasteiger partial charge in [-0.25, -0.2) is 0 Å². The highest BCUT2D eigenvalue weighted by molar-refractivity contribution is 5.80. The number of carbonyl (C=O) groups excluding carboxylic acids is 1. The van der Waals surface area contributed by atoms with Gasteiger partial charge < -0.3 is 0 Å². The van der Waals surface area contributed by atoms with Crippen LogP contribution in [0.3, 0.4) is 0 Å². The van der Waals surface area contributed by atoms with E-state index >= 15 is 0 Å². The molecule has 0 saturated carbocycles. The van der Waals surface area contributed by atoms with E-state index in [0.29, 0.717) is 18.6 Å². The number of nitrogens with zero attached hydrogens (tertiary/aromatic N) is 1. The van der Waals surface area contributed by atoms with Gasteiger partial charge in [0.1, 0.15) is 5.78 Å². The Hall–Kier alpha value is -1.18. The smallest absolute Gasteiger partial charge is 0.138 e. The van der Waals surface area contributed by atoms with Gasteiger partial charge >= 0.3 is 0 Å². The maximum absolute atomic E-state index is 11.5. The molecular formula is C13H19NO. The molecule has 1 rings (SSSR count). The molecular weight excluding hydrogens is 186 g/mol. The molecule has 0 aliphatic rings. The fourth-order valence-electron chi connectivity index (χ4n) is 1.43. The van der Waals surface area contributed by atoms with Gasteiger partial charge in [0.05, 0.1) is 0 Å². The summed E-state index contributed by atoms with van der Waals surface area (Å²) in [6, 6.07) is 4.01. The third kappa shape index (κ3) is 4.24. The van der Waals surface area contributed by atoms with Gasteiger partial charge in [-0.3, -0.25) is 9.78 Å². The van der Waals surface area contributed by atoms with Gasteiger partial charge in [0.15, 0.2) is 0 Å². The van der Waals surface area contributed by atoms with Crippen LogP contribution in [0.2, 0.25) is 0 Å². The standard InChI is InChI=1S/C13H19NO/c1-3-5-6-13(15)9-12-8-7-11(4-2)10-14-12/h7-8,10H,3-6,9H2,1-2H3. The number of carbonyl (C=O) groups is 1. The van der Waals surface area contributed by atoms with E-state index in [9.17, 15) is 4.79 Å². The molecule has 0 N–H and O–H groups in total. The molecule has 0 spiro atoms. The van der Waals surface area contributed by atoms with Crippen molar-refractivity contribution in [3.05, 3.63) is 29.6 Å². The Morgan fingerprint density at radius 2 is 2.13 bits per heavy atom. The number of aryl methyl sites for hydroxylation is 1. The summed E-state index contributed by atoms with van der Waals surface area (Å²) in [4.78, 5) is 15.8. The van der Waals surface area contributed by atoms with Crippen molar-refractivity contribution < 1.29 is 4.79 Å². The highest BCUT2D eigenvalue weighted by Crippen LogP contribution is 2.04. The summed E-state index contributed by atoms with van der Waals surface area (Å²) in [5.74, 6) is 0.300. The molecule has 1 aromatic heterocycles. The monoisotopic (exact) mass is 205 g/mol. The summed E-state index contributed by atoms with van der Waals surface area (Å²) in [5.41, 5.74) is 2.12. The molecule has 0 aromatic carbocycles. The lowest BCUT2D eigenvalue weighted by Crippen LogP contribution is -2.04. The first-order valence-corrected chi connectivity index (χ1v) is 5.71. The minimum absolute atomic E-state index is 0.300. The number of pyridine rings is 1. The van der Waals surface area contributed by atoms with Gasteiger partial charge in [-0.15, -0.1) is 0 Å². The van der Waals surface area contributed by atoms with E-state index in [0.717, 1.165) is 25.0 Å². The first-order chi connectivity index (χ1) is 7.26. The van der Waals surface area contributed by atoms with Crippen molar-refractivity contribution in [2.45, 2.75) is 46.0 Å². The zero-order valence-corrected chi connectivity index (χ0v) is 9.62. The largest absolute Gasteiger partial charge is 0.299 e. The molecule has 0 amide bonds. The normalized spacial score (nSPS) is 10.3. The van der Waals surface area contributed by atoms with Crippen LogP contribution in [0.1, 0.15) is 44.4 Å². The van der Waals surface area contributed by atoms with Crippen molar-refractivity contribution in [2.75, 3.05) is 0 Å². The van der Waals surface area contributed by atoms with Crippen LogP contribution in [0.25, 0.3) is 0 Å². The van der Waals surface area contributed by atoms with Crippen molar-refractivity contribution in [3.8, 4) is 0 Å². The summed E-state index contributed by atoms with van der Waals surface area (Å²) in [5, 5.41) is 0. The van der Waals surface area contributed by atoms with Crippen LogP contribution in [0.5, 0.6) is 0 Å². The number of hydrogen-bond acceptors (Lipinski definition) is 2. The van der Waals surface area contributed by atoms with Crippen LogP contribution >= 0.6 is 0 Å². The second kappa shape index (κ2) is 6.33. The fraction of sp³-hybridized carbons (Fsp3) is 0.538. The maximum Gasteiger partial charge on any atom is 0.138 e. The van der Waals surface area contributed by atoms with Crippen LogP contribution < -0.4 is 0 Å². The Balaban J connectivity index is 2.46. The molecule has 2 nitrogen and oxygen atoms in total. The minimum Gasteiger partial charge on any atom is -0.299 e. The Bertz CT molecular complexity index is 303. The second-order valence-corrected chi connectivity index (χ2v) is 3.83. The topological polar surface area (TPSA) is 30.0 Å². The van der Waals surface area contributed by atoms with Crippen molar-refractivity contribution in [2.24, 2.45) is 0 Å². The number of ketones is 1. The Labute approximate surface area is 91.7 Å². The summed E-state index contributed by atoms with van der Waals surface area (Å²) in [7, 11) is 0. The van der Waals surface area contributed by atoms with E-state index in [1.165, 1.54) is 5.56 Å². The zero-order valence-electron chi connectivity index (χ0n) is 9.62. The van der Waals surface area contributed by atoms with Crippen LogP contribution in [-0.4, -0.2) is 10.8 Å². The second-order valence-electron chi connectivity index (χ2n) is 3.83. The van der Waals surface area contributed by atoms with Gasteiger partial charge in [-0.1, -0.05) is 26.3 Å². The average Bonchev–Trinajstić information content (AvgIpc) is 2.27. The molecule has 2 heteroatoms. The number of rotatable bonds is 6. The fourth-order valence-corrected chi connectivity index (χ4v) is 1.43. The molecule has 82 valence electrons. The van der Waals surface area contributed by atoms with E-state index < -0.39 is 0 Å². The van der Waals surface area contributed by atoms with E-state index in [1.54, 1.807) is 0 Å². The van der Waals surface area contributed by atoms with Crippen LogP contribution in [-0.2, 0) is 17.6 Å². The molecule has 1 heterocycles. The van der Waals surface area contributed by atoms with E-state index in [-0.39, 0.29) is 0 Å². The highest BCUT2D eigenvalue weighted by atomic mass is 16.1. The first-order valence-electron chi connectivity index (χ1n) is 5.71. The summed E-state index contributed by atoms with van der Waals surface area (Å²) in [6.07, 6.45) is 6.11. The molecule has 0 unspecified atom stereocenters. The number of aromatic nitrogens is 1. The molecule has 0 atom stereocenters. The first kappa shape index (κ1) is 11.9. The molecule has 0 saturated heterocycles. The molecule has 0 radical (unpaired) electrons. The van der Waals surface area contributed by atoms with Gasteiger partial charge in [-0.2, -0.15) is 0 Å². The highest BCUT2D eigenvalue weighted by Gasteiger charge is 2.03. The molecule has 1 aromatic rings. The number of hydrogen-bond donors (Lipinski definition) is 0. The van der Waals surface area contributed by atoms with Crippen molar-refractivity contribution in [1.29, 1.82) is 0 Å². The lowest BCUT2D eigenvalue weighted by Gasteiger charge is -2.01. The van der Waals surface area contributed by atoms with Gasteiger partial charge in [0.2, 0.25) is 0 Å². The Kier molecular flexibility index (Phi) is 5.02. The van der Waals surface area contributed by atoms with Crippen molar-refractivity contribution in [1.82, 2.24) is 4.98 Å². The summed E-state index contributed by atoms with van der Waals surface area (Å²) in [6.45, 7) is 4.20. The molecule has 15 heavy (non-hydrogen) atoms. The average molecular weight is 205 g/mol. The predicted octanol–water partition coefficient (Wildman–Crippen LogP) is 2.95. The predicted molar refractivity (Wildman–Crippen MR) is 61.9 cm³/mol. The third-order valence-electron chi connectivity index (χ3n) is 2.48. The van der Waals surface area contributed by atoms with Gasteiger partial charge in [0, 0.05) is 24.7 Å². The SMILES string of the molecule is CCCCC(=O)Cc1ccc(CC)cn1. The van der Waals surface area contributed by atoms with Gasteiger partial charge in [0.25, 0.3) is 0 Å². The zero-order chi connectivity index (χ0) is 11.1. The van der Waals surface area contributed by atoms with E-state index in [2.05, 4.69) is 24.9 Å². The third-order valence-corrected chi connectivity index (χ3v) is 2.48. The van der Waals surface area contributed by atoms with Crippen LogP contribution in [0.4, 0.5) is 0 Å². The lowest BCUT2D eigenvalue weighted by molar-refractivity contribution is -0.118. The van der Waals surface area contributed by atoms with Crippen LogP contribution in [0, 0.1) is 0 Å². The van der Waals surface area contributed by atoms with Gasteiger partial charge in [-0.05, 0) is 24.5 Å². The lowest BCUT2D eigenvalue weighted by atomic mass is 10.1. The van der Waals surface area contributed by atoms with E-state index in [1.807, 2.05) is 12.3 Å².